The third-order valence-corrected chi connectivity index (χ3v) is 5.82. The average molecular weight is 337 g/mol. The fraction of sp³-hybridized carbons (Fsp3) is 0.520. The molecule has 0 aliphatic carbocycles. The predicted octanol–water partition coefficient (Wildman–Crippen LogP) is 7.09. The molecule has 136 valence electrons. The van der Waals surface area contributed by atoms with Crippen LogP contribution in [0.15, 0.2) is 48.5 Å². The molecule has 0 saturated carbocycles. The number of benzene rings is 2. The highest BCUT2D eigenvalue weighted by Crippen LogP contribution is 2.35. The molecule has 0 spiro atoms. The van der Waals surface area contributed by atoms with Crippen molar-refractivity contribution in [3.05, 3.63) is 70.8 Å². The van der Waals surface area contributed by atoms with Gasteiger partial charge in [-0.1, -0.05) is 96.5 Å². The Kier molecular flexibility index (Phi) is 6.87. The van der Waals surface area contributed by atoms with E-state index in [4.69, 9.17) is 0 Å². The Morgan fingerprint density at radius 2 is 1.32 bits per heavy atom. The molecular weight excluding hydrogens is 300 g/mol. The molecular formula is C25H36. The predicted molar refractivity (Wildman–Crippen MR) is 111 cm³/mol. The van der Waals surface area contributed by atoms with Gasteiger partial charge in [0.2, 0.25) is 0 Å². The number of hydrogen-bond donors (Lipinski definition) is 0. The van der Waals surface area contributed by atoms with Crippen LogP contribution in [0.5, 0.6) is 0 Å². The van der Waals surface area contributed by atoms with Crippen molar-refractivity contribution in [3.8, 4) is 0 Å². The first-order valence-corrected chi connectivity index (χ1v) is 9.97. The molecule has 0 aliphatic rings. The maximum Gasteiger partial charge on any atom is -0.00256 e. The summed E-state index contributed by atoms with van der Waals surface area (Å²) in [5.41, 5.74) is 6.12. The fourth-order valence-corrected chi connectivity index (χ4v) is 3.86. The van der Waals surface area contributed by atoms with Crippen LogP contribution >= 0.6 is 0 Å². The Hall–Kier alpha value is -1.56. The lowest BCUT2D eigenvalue weighted by Gasteiger charge is -2.35. The van der Waals surface area contributed by atoms with Crippen LogP contribution in [0, 0.1) is 17.3 Å². The summed E-state index contributed by atoms with van der Waals surface area (Å²) in [6.45, 7) is 14.2. The zero-order valence-corrected chi connectivity index (χ0v) is 17.1. The summed E-state index contributed by atoms with van der Waals surface area (Å²) in [5, 5.41) is 0. The first-order valence-electron chi connectivity index (χ1n) is 9.97. The van der Waals surface area contributed by atoms with E-state index in [2.05, 4.69) is 90.1 Å². The van der Waals surface area contributed by atoms with Gasteiger partial charge in [0.25, 0.3) is 0 Å². The third kappa shape index (κ3) is 5.73. The molecule has 0 heteroatoms. The van der Waals surface area contributed by atoms with Crippen LogP contribution < -0.4 is 0 Å². The lowest BCUT2D eigenvalue weighted by atomic mass is 9.70. The maximum absolute atomic E-state index is 2.42. The minimum Gasteiger partial charge on any atom is -0.0651 e. The van der Waals surface area contributed by atoms with Crippen LogP contribution in [0.1, 0.15) is 70.2 Å². The maximum atomic E-state index is 2.42. The van der Waals surface area contributed by atoms with Crippen LogP contribution in [-0.4, -0.2) is 0 Å². The average Bonchev–Trinajstić information content (AvgIpc) is 2.54. The molecule has 0 heterocycles. The van der Waals surface area contributed by atoms with Crippen molar-refractivity contribution in [2.45, 2.75) is 67.2 Å². The molecule has 2 aromatic rings. The van der Waals surface area contributed by atoms with Crippen molar-refractivity contribution in [3.63, 3.8) is 0 Å². The number of aryl methyl sites for hydroxylation is 1. The zero-order valence-electron chi connectivity index (χ0n) is 17.1. The van der Waals surface area contributed by atoms with Gasteiger partial charge in [-0.05, 0) is 58.8 Å². The van der Waals surface area contributed by atoms with Gasteiger partial charge in [-0.25, -0.2) is 0 Å². The van der Waals surface area contributed by atoms with Gasteiger partial charge in [0.1, 0.15) is 0 Å². The van der Waals surface area contributed by atoms with Gasteiger partial charge in [0, 0.05) is 0 Å². The second kappa shape index (κ2) is 8.70. The summed E-state index contributed by atoms with van der Waals surface area (Å²) in [6, 6.07) is 18.3. The van der Waals surface area contributed by atoms with E-state index in [-0.39, 0.29) is 0 Å². The molecule has 0 aliphatic heterocycles. The monoisotopic (exact) mass is 336 g/mol. The smallest absolute Gasteiger partial charge is 0.00256 e. The van der Waals surface area contributed by atoms with E-state index in [0.717, 1.165) is 18.8 Å². The summed E-state index contributed by atoms with van der Waals surface area (Å²) in [6.07, 6.45) is 4.57. The molecule has 0 radical (unpaired) electrons. The van der Waals surface area contributed by atoms with Gasteiger partial charge in [0.05, 0.1) is 0 Å². The van der Waals surface area contributed by atoms with Crippen molar-refractivity contribution >= 4 is 0 Å². The van der Waals surface area contributed by atoms with Crippen molar-refractivity contribution in [1.82, 2.24) is 0 Å². The Morgan fingerprint density at radius 3 is 1.88 bits per heavy atom. The van der Waals surface area contributed by atoms with Gasteiger partial charge in [-0.2, -0.15) is 0 Å². The van der Waals surface area contributed by atoms with E-state index in [1.807, 2.05) is 0 Å². The minimum absolute atomic E-state index is 0.327. The third-order valence-electron chi connectivity index (χ3n) is 5.82. The first kappa shape index (κ1) is 19.8. The normalized spacial score (nSPS) is 13.2. The quantitative estimate of drug-likeness (QED) is 0.482. The van der Waals surface area contributed by atoms with Gasteiger partial charge in [-0.15, -0.1) is 0 Å². The van der Waals surface area contributed by atoms with Crippen LogP contribution in [0.4, 0.5) is 0 Å². The van der Waals surface area contributed by atoms with Crippen LogP contribution in [0.2, 0.25) is 0 Å². The molecule has 1 unspecified atom stereocenters. The largest absolute Gasteiger partial charge is 0.0651 e. The SMILES string of the molecule is CCCc1cccc(Cc2cccc(CC(C)(C)C(C)C(C)C)c2)c1. The zero-order chi connectivity index (χ0) is 18.4. The van der Waals surface area contributed by atoms with Crippen LogP contribution in [0.25, 0.3) is 0 Å². The fourth-order valence-electron chi connectivity index (χ4n) is 3.86. The topological polar surface area (TPSA) is 0 Å². The van der Waals surface area contributed by atoms with E-state index >= 15 is 0 Å². The summed E-state index contributed by atoms with van der Waals surface area (Å²) >= 11 is 0. The van der Waals surface area contributed by atoms with Gasteiger partial charge >= 0.3 is 0 Å². The van der Waals surface area contributed by atoms with Crippen molar-refractivity contribution in [2.75, 3.05) is 0 Å². The molecule has 0 aromatic heterocycles. The van der Waals surface area contributed by atoms with E-state index < -0.39 is 0 Å². The molecule has 0 bridgehead atoms. The molecule has 0 saturated heterocycles. The summed E-state index contributed by atoms with van der Waals surface area (Å²) in [4.78, 5) is 0. The van der Waals surface area contributed by atoms with Crippen molar-refractivity contribution in [2.24, 2.45) is 17.3 Å². The van der Waals surface area contributed by atoms with Crippen LogP contribution in [0.3, 0.4) is 0 Å². The van der Waals surface area contributed by atoms with Crippen molar-refractivity contribution in [1.29, 1.82) is 0 Å². The highest BCUT2D eigenvalue weighted by molar-refractivity contribution is 5.32. The highest BCUT2D eigenvalue weighted by Gasteiger charge is 2.28. The lowest BCUT2D eigenvalue weighted by Crippen LogP contribution is -2.28. The minimum atomic E-state index is 0.327. The van der Waals surface area contributed by atoms with E-state index in [9.17, 15) is 0 Å². The molecule has 0 amide bonds. The molecule has 0 nitrogen and oxygen atoms in total. The van der Waals surface area contributed by atoms with E-state index in [1.54, 1.807) is 0 Å². The standard InChI is InChI=1S/C25H36/c1-7-10-21-11-8-12-22(15-21)16-23-13-9-14-24(17-23)18-25(5,6)20(4)19(2)3/h8-9,11-15,17,19-20H,7,10,16,18H2,1-6H3. The molecule has 25 heavy (non-hydrogen) atoms. The Morgan fingerprint density at radius 1 is 0.800 bits per heavy atom. The van der Waals surface area contributed by atoms with E-state index in [0.29, 0.717) is 11.3 Å². The second-order valence-electron chi connectivity index (χ2n) is 8.76. The Bertz CT molecular complexity index is 663. The first-order chi connectivity index (χ1) is 11.8. The van der Waals surface area contributed by atoms with Crippen LogP contribution in [-0.2, 0) is 19.3 Å². The lowest BCUT2D eigenvalue weighted by molar-refractivity contribution is 0.174. The molecule has 0 fully saturated rings. The van der Waals surface area contributed by atoms with Gasteiger partial charge < -0.3 is 0 Å². The number of rotatable bonds is 8. The molecule has 2 rings (SSSR count). The molecule has 1 atom stereocenters. The summed E-state index contributed by atoms with van der Waals surface area (Å²) in [5.74, 6) is 1.43. The molecule has 2 aromatic carbocycles. The Labute approximate surface area is 155 Å². The van der Waals surface area contributed by atoms with Gasteiger partial charge in [-0.3, -0.25) is 0 Å². The summed E-state index contributed by atoms with van der Waals surface area (Å²) in [7, 11) is 0. The van der Waals surface area contributed by atoms with Gasteiger partial charge in [0.15, 0.2) is 0 Å². The molecule has 0 N–H and O–H groups in total. The van der Waals surface area contributed by atoms with Crippen molar-refractivity contribution < 1.29 is 0 Å². The second-order valence-corrected chi connectivity index (χ2v) is 8.76. The highest BCUT2D eigenvalue weighted by atomic mass is 14.3. The van der Waals surface area contributed by atoms with E-state index in [1.165, 1.54) is 35.1 Å². The Balaban J connectivity index is 2.12. The number of hydrogen-bond acceptors (Lipinski definition) is 0. The summed E-state index contributed by atoms with van der Waals surface area (Å²) < 4.78 is 0.